The van der Waals surface area contributed by atoms with E-state index < -0.39 is 28.6 Å². The third-order valence-corrected chi connectivity index (χ3v) is 5.20. The van der Waals surface area contributed by atoms with Gasteiger partial charge in [-0.05, 0) is 25.0 Å². The maximum Gasteiger partial charge on any atom is 0.433 e. The first-order valence-corrected chi connectivity index (χ1v) is 8.48. The van der Waals surface area contributed by atoms with Crippen molar-refractivity contribution in [3.05, 3.63) is 41.2 Å². The molecule has 2 aliphatic rings. The second kappa shape index (κ2) is 6.19. The van der Waals surface area contributed by atoms with Gasteiger partial charge in [-0.2, -0.15) is 18.4 Å². The highest BCUT2D eigenvalue weighted by molar-refractivity contribution is 6.03. The summed E-state index contributed by atoms with van der Waals surface area (Å²) in [5.41, 5.74) is -2.04. The lowest BCUT2D eigenvalue weighted by molar-refractivity contribution is -0.141. The number of likely N-dealkylation sites (tertiary alicyclic amines) is 1. The van der Waals surface area contributed by atoms with E-state index in [-0.39, 0.29) is 16.9 Å². The molecule has 1 aliphatic carbocycles. The van der Waals surface area contributed by atoms with Crippen LogP contribution in [-0.4, -0.2) is 34.7 Å². The number of Topliss-reactive ketones (excluding diaryl/α,β-unsaturated/α-hetero) is 1. The van der Waals surface area contributed by atoms with E-state index in [1.807, 2.05) is 6.07 Å². The van der Waals surface area contributed by atoms with Crippen LogP contribution in [0.4, 0.5) is 13.2 Å². The van der Waals surface area contributed by atoms with E-state index in [0.29, 0.717) is 25.9 Å². The molecule has 1 fully saturated rings. The highest BCUT2D eigenvalue weighted by atomic mass is 19.4. The van der Waals surface area contributed by atoms with Crippen molar-refractivity contribution >= 4 is 11.7 Å². The summed E-state index contributed by atoms with van der Waals surface area (Å²) < 4.78 is 37.9. The van der Waals surface area contributed by atoms with Crippen LogP contribution in [0.2, 0.25) is 0 Å². The van der Waals surface area contributed by atoms with Crippen molar-refractivity contribution in [2.45, 2.75) is 32.9 Å². The standard InChI is InChI=1S/C19H18F3N3O2/c1-17(2)10-18(7-13(8-23)15(17)26)5-6-25(11-18)16(27)12-3-4-14(24-9-12)19(20,21)22/h3-4,7,9H,5-6,10-11H2,1-2H3/t18-/m1/s1. The first kappa shape index (κ1) is 19.1. The van der Waals surface area contributed by atoms with Crippen molar-refractivity contribution in [3.8, 4) is 6.07 Å². The fourth-order valence-electron chi connectivity index (χ4n) is 4.03. The molecule has 0 radical (unpaired) electrons. The lowest BCUT2D eigenvalue weighted by Crippen LogP contribution is -2.40. The van der Waals surface area contributed by atoms with Crippen molar-refractivity contribution < 1.29 is 22.8 Å². The van der Waals surface area contributed by atoms with Gasteiger partial charge in [0.15, 0.2) is 5.78 Å². The number of ketones is 1. The number of rotatable bonds is 1. The van der Waals surface area contributed by atoms with Crippen LogP contribution in [0, 0.1) is 22.2 Å². The van der Waals surface area contributed by atoms with Crippen molar-refractivity contribution in [3.63, 3.8) is 0 Å². The summed E-state index contributed by atoms with van der Waals surface area (Å²) >= 11 is 0. The van der Waals surface area contributed by atoms with Gasteiger partial charge >= 0.3 is 6.18 Å². The van der Waals surface area contributed by atoms with Gasteiger partial charge in [0.2, 0.25) is 0 Å². The van der Waals surface area contributed by atoms with Gasteiger partial charge in [0.05, 0.1) is 11.1 Å². The zero-order chi connectivity index (χ0) is 20.0. The molecule has 1 aromatic heterocycles. The van der Waals surface area contributed by atoms with Crippen LogP contribution in [0.1, 0.15) is 42.7 Å². The molecule has 0 saturated carbocycles. The van der Waals surface area contributed by atoms with E-state index in [0.717, 1.165) is 18.3 Å². The summed E-state index contributed by atoms with van der Waals surface area (Å²) in [6.07, 6.45) is -0.856. The van der Waals surface area contributed by atoms with E-state index in [9.17, 15) is 28.0 Å². The van der Waals surface area contributed by atoms with Crippen molar-refractivity contribution in [2.24, 2.45) is 10.8 Å². The van der Waals surface area contributed by atoms with Crippen LogP contribution < -0.4 is 0 Å². The van der Waals surface area contributed by atoms with Crippen molar-refractivity contribution in [1.29, 1.82) is 5.26 Å². The maximum atomic E-state index is 12.7. The number of halogens is 3. The first-order chi connectivity index (χ1) is 12.5. The fraction of sp³-hybridized carbons (Fsp3) is 0.474. The Hall–Kier alpha value is -2.69. The van der Waals surface area contributed by atoms with Gasteiger partial charge < -0.3 is 4.90 Å². The Labute approximate surface area is 154 Å². The van der Waals surface area contributed by atoms with Crippen LogP contribution in [0.25, 0.3) is 0 Å². The summed E-state index contributed by atoms with van der Waals surface area (Å²) in [4.78, 5) is 29.8. The average Bonchev–Trinajstić information content (AvgIpc) is 2.99. The van der Waals surface area contributed by atoms with Crippen molar-refractivity contribution in [1.82, 2.24) is 9.88 Å². The minimum absolute atomic E-state index is 0.0793. The SMILES string of the molecule is CC1(C)C[C@]2(C=C(C#N)C1=O)CCN(C(=O)c1ccc(C(F)(F)F)nc1)C2. The number of carbonyl (C=O) groups is 2. The molecule has 1 atom stereocenters. The predicted octanol–water partition coefficient (Wildman–Crippen LogP) is 3.38. The van der Waals surface area contributed by atoms with Crippen LogP contribution in [-0.2, 0) is 11.0 Å². The number of amides is 1. The van der Waals surface area contributed by atoms with Gasteiger partial charge in [0.25, 0.3) is 5.91 Å². The van der Waals surface area contributed by atoms with Crippen LogP contribution in [0.3, 0.4) is 0 Å². The van der Waals surface area contributed by atoms with Gasteiger partial charge in [-0.25, -0.2) is 0 Å². The van der Waals surface area contributed by atoms with Crippen LogP contribution >= 0.6 is 0 Å². The van der Waals surface area contributed by atoms with Crippen LogP contribution in [0.5, 0.6) is 0 Å². The molecular weight excluding hydrogens is 359 g/mol. The zero-order valence-electron chi connectivity index (χ0n) is 14.9. The number of hydrogen-bond acceptors (Lipinski definition) is 4. The highest BCUT2D eigenvalue weighted by Crippen LogP contribution is 2.48. The Bertz CT molecular complexity index is 866. The molecule has 1 aromatic rings. The monoisotopic (exact) mass is 377 g/mol. The quantitative estimate of drug-likeness (QED) is 0.752. The minimum atomic E-state index is -4.56. The number of alkyl halides is 3. The Morgan fingerprint density at radius 2 is 2.04 bits per heavy atom. The number of nitriles is 1. The molecule has 0 unspecified atom stereocenters. The highest BCUT2D eigenvalue weighted by Gasteiger charge is 2.49. The Morgan fingerprint density at radius 3 is 2.59 bits per heavy atom. The summed E-state index contributed by atoms with van der Waals surface area (Å²) in [6, 6.07) is 3.85. The number of hydrogen-bond donors (Lipinski definition) is 0. The molecule has 1 aliphatic heterocycles. The molecule has 0 bridgehead atoms. The van der Waals surface area contributed by atoms with E-state index in [4.69, 9.17) is 0 Å². The molecule has 8 heteroatoms. The molecule has 0 aromatic carbocycles. The zero-order valence-corrected chi connectivity index (χ0v) is 14.9. The molecule has 5 nitrogen and oxygen atoms in total. The number of carbonyl (C=O) groups excluding carboxylic acids is 2. The van der Waals surface area contributed by atoms with E-state index in [1.54, 1.807) is 24.8 Å². The summed E-state index contributed by atoms with van der Waals surface area (Å²) in [7, 11) is 0. The van der Waals surface area contributed by atoms with Crippen molar-refractivity contribution in [2.75, 3.05) is 13.1 Å². The number of nitrogens with zero attached hydrogens (tertiary/aromatic N) is 3. The van der Waals surface area contributed by atoms with Gasteiger partial charge in [0.1, 0.15) is 11.8 Å². The molecule has 1 spiro atoms. The van der Waals surface area contributed by atoms with Gasteiger partial charge in [-0.15, -0.1) is 0 Å². The molecule has 2 heterocycles. The summed E-state index contributed by atoms with van der Waals surface area (Å²) in [6.45, 7) is 4.28. The normalized spacial score (nSPS) is 24.7. The number of pyridine rings is 1. The average molecular weight is 377 g/mol. The lowest BCUT2D eigenvalue weighted by atomic mass is 9.64. The summed E-state index contributed by atoms with van der Waals surface area (Å²) in [5.74, 6) is -0.609. The largest absolute Gasteiger partial charge is 0.433 e. The minimum Gasteiger partial charge on any atom is -0.338 e. The molecule has 1 amide bonds. The number of allylic oxidation sites excluding steroid dienone is 1. The molecule has 0 N–H and O–H groups in total. The lowest BCUT2D eigenvalue weighted by Gasteiger charge is -2.38. The van der Waals surface area contributed by atoms with Gasteiger partial charge in [-0.1, -0.05) is 19.9 Å². The van der Waals surface area contributed by atoms with Crippen LogP contribution in [0.15, 0.2) is 30.0 Å². The third kappa shape index (κ3) is 3.46. The third-order valence-electron chi connectivity index (χ3n) is 5.20. The molecule has 3 rings (SSSR count). The molecule has 27 heavy (non-hydrogen) atoms. The van der Waals surface area contributed by atoms with E-state index in [1.165, 1.54) is 0 Å². The first-order valence-electron chi connectivity index (χ1n) is 8.48. The maximum absolute atomic E-state index is 12.7. The number of aromatic nitrogens is 1. The van der Waals surface area contributed by atoms with Gasteiger partial charge in [0, 0.05) is 30.1 Å². The molecular formula is C19H18F3N3O2. The predicted molar refractivity (Wildman–Crippen MR) is 89.3 cm³/mol. The second-order valence-electron chi connectivity index (χ2n) is 7.83. The second-order valence-corrected chi connectivity index (χ2v) is 7.83. The Kier molecular flexibility index (Phi) is 4.37. The van der Waals surface area contributed by atoms with E-state index in [2.05, 4.69) is 4.98 Å². The topological polar surface area (TPSA) is 74.1 Å². The Balaban J connectivity index is 1.82. The fourth-order valence-corrected chi connectivity index (χ4v) is 4.03. The molecule has 142 valence electrons. The van der Waals surface area contributed by atoms with Gasteiger partial charge in [-0.3, -0.25) is 14.6 Å². The Morgan fingerprint density at radius 1 is 1.33 bits per heavy atom. The smallest absolute Gasteiger partial charge is 0.338 e. The molecule has 1 saturated heterocycles. The van der Waals surface area contributed by atoms with E-state index >= 15 is 0 Å². The summed E-state index contributed by atoms with van der Waals surface area (Å²) in [5, 5.41) is 9.26.